The summed E-state index contributed by atoms with van der Waals surface area (Å²) in [5.74, 6) is -0.407. The smallest absolute Gasteiger partial charge is 0.162 e. The molecule has 1 aliphatic rings. The number of halogens is 2. The topological polar surface area (TPSA) is 20.2 Å². The zero-order valence-electron chi connectivity index (χ0n) is 12.3. The fourth-order valence-corrected chi connectivity index (χ4v) is 3.30. The zero-order chi connectivity index (χ0) is 14.8. The van der Waals surface area contributed by atoms with Gasteiger partial charge in [0, 0.05) is 6.42 Å². The van der Waals surface area contributed by atoms with Gasteiger partial charge in [0.05, 0.1) is 5.60 Å². The third-order valence-corrected chi connectivity index (χ3v) is 4.69. The summed E-state index contributed by atoms with van der Waals surface area (Å²) in [7, 11) is 0. The summed E-state index contributed by atoms with van der Waals surface area (Å²) in [6.07, 6.45) is 4.59. The Hall–Kier alpha value is -0.960. The van der Waals surface area contributed by atoms with E-state index in [0.29, 0.717) is 24.7 Å². The standard InChI is InChI=1S/C17H24F2O/c1-12(2)13-6-4-9-17(20,10-8-13)11-14-5-3-7-15(18)16(14)19/h3,5,7,12-13,20H,4,6,8-11H2,1-2H3. The molecule has 0 aromatic heterocycles. The fraction of sp³-hybridized carbons (Fsp3) is 0.647. The second-order valence-corrected chi connectivity index (χ2v) is 6.55. The van der Waals surface area contributed by atoms with Gasteiger partial charge in [0.2, 0.25) is 0 Å². The number of hydrogen-bond donors (Lipinski definition) is 1. The van der Waals surface area contributed by atoms with Gasteiger partial charge in [-0.15, -0.1) is 0 Å². The van der Waals surface area contributed by atoms with Gasteiger partial charge in [-0.25, -0.2) is 8.78 Å². The highest BCUT2D eigenvalue weighted by atomic mass is 19.2. The summed E-state index contributed by atoms with van der Waals surface area (Å²) in [4.78, 5) is 0. The minimum atomic E-state index is -0.891. The van der Waals surface area contributed by atoms with Crippen molar-refractivity contribution in [2.24, 2.45) is 11.8 Å². The molecule has 112 valence electrons. The predicted octanol–water partition coefficient (Wildman–Crippen LogP) is 4.47. The van der Waals surface area contributed by atoms with Crippen LogP contribution in [0.15, 0.2) is 18.2 Å². The lowest BCUT2D eigenvalue weighted by molar-refractivity contribution is 0.0228. The molecule has 2 atom stereocenters. The van der Waals surface area contributed by atoms with Crippen LogP contribution in [0.4, 0.5) is 8.78 Å². The van der Waals surface area contributed by atoms with Gasteiger partial charge in [-0.05, 0) is 42.7 Å². The highest BCUT2D eigenvalue weighted by molar-refractivity contribution is 5.21. The monoisotopic (exact) mass is 282 g/mol. The van der Waals surface area contributed by atoms with Crippen LogP contribution in [0.5, 0.6) is 0 Å². The van der Waals surface area contributed by atoms with E-state index in [9.17, 15) is 13.9 Å². The van der Waals surface area contributed by atoms with Crippen molar-refractivity contribution in [3.8, 4) is 0 Å². The third-order valence-electron chi connectivity index (χ3n) is 4.69. The molecule has 2 unspecified atom stereocenters. The molecule has 1 nitrogen and oxygen atoms in total. The Morgan fingerprint density at radius 1 is 1.25 bits per heavy atom. The lowest BCUT2D eigenvalue weighted by Gasteiger charge is -2.27. The van der Waals surface area contributed by atoms with Crippen LogP contribution < -0.4 is 0 Å². The molecule has 1 aliphatic carbocycles. The van der Waals surface area contributed by atoms with Gasteiger partial charge >= 0.3 is 0 Å². The molecule has 1 aromatic rings. The third kappa shape index (κ3) is 3.57. The maximum absolute atomic E-state index is 13.7. The van der Waals surface area contributed by atoms with Crippen molar-refractivity contribution in [2.75, 3.05) is 0 Å². The van der Waals surface area contributed by atoms with Gasteiger partial charge in [0.25, 0.3) is 0 Å². The molecule has 0 bridgehead atoms. The molecule has 1 aromatic carbocycles. The van der Waals surface area contributed by atoms with Crippen LogP contribution in [0.3, 0.4) is 0 Å². The van der Waals surface area contributed by atoms with Crippen LogP contribution in [0.1, 0.15) is 51.5 Å². The Morgan fingerprint density at radius 2 is 2.00 bits per heavy atom. The van der Waals surface area contributed by atoms with Crippen LogP contribution in [-0.4, -0.2) is 10.7 Å². The van der Waals surface area contributed by atoms with E-state index in [2.05, 4.69) is 13.8 Å². The van der Waals surface area contributed by atoms with Crippen molar-refractivity contribution in [1.29, 1.82) is 0 Å². The van der Waals surface area contributed by atoms with Crippen LogP contribution >= 0.6 is 0 Å². The quantitative estimate of drug-likeness (QED) is 0.811. The van der Waals surface area contributed by atoms with Crippen molar-refractivity contribution in [2.45, 2.75) is 58.0 Å². The Labute approximate surface area is 120 Å². The van der Waals surface area contributed by atoms with E-state index in [1.807, 2.05) is 0 Å². The van der Waals surface area contributed by atoms with Crippen molar-refractivity contribution >= 4 is 0 Å². The number of hydrogen-bond acceptors (Lipinski definition) is 1. The average molecular weight is 282 g/mol. The zero-order valence-corrected chi connectivity index (χ0v) is 12.3. The Kier molecular flexibility index (Phi) is 4.79. The van der Waals surface area contributed by atoms with Crippen molar-refractivity contribution < 1.29 is 13.9 Å². The molecule has 0 aliphatic heterocycles. The van der Waals surface area contributed by atoms with Gasteiger partial charge < -0.3 is 5.11 Å². The maximum Gasteiger partial charge on any atom is 0.162 e. The lowest BCUT2D eigenvalue weighted by atomic mass is 9.85. The molecular formula is C17H24F2O. The van der Waals surface area contributed by atoms with Gasteiger partial charge in [-0.1, -0.05) is 38.8 Å². The second-order valence-electron chi connectivity index (χ2n) is 6.55. The summed E-state index contributed by atoms with van der Waals surface area (Å²) < 4.78 is 27.0. The minimum Gasteiger partial charge on any atom is -0.390 e. The Morgan fingerprint density at radius 3 is 2.70 bits per heavy atom. The van der Waals surface area contributed by atoms with E-state index in [-0.39, 0.29) is 12.0 Å². The summed E-state index contributed by atoms with van der Waals surface area (Å²) >= 11 is 0. The van der Waals surface area contributed by atoms with E-state index in [1.54, 1.807) is 6.07 Å². The van der Waals surface area contributed by atoms with Crippen LogP contribution in [0.2, 0.25) is 0 Å². The van der Waals surface area contributed by atoms with E-state index < -0.39 is 17.2 Å². The largest absolute Gasteiger partial charge is 0.390 e. The molecule has 0 saturated heterocycles. The molecule has 3 heteroatoms. The SMILES string of the molecule is CC(C)C1CCCC(O)(Cc2cccc(F)c2F)CC1. The first-order valence-corrected chi connectivity index (χ1v) is 7.56. The highest BCUT2D eigenvalue weighted by Gasteiger charge is 2.32. The lowest BCUT2D eigenvalue weighted by Crippen LogP contribution is -2.31. The van der Waals surface area contributed by atoms with Crippen LogP contribution in [0, 0.1) is 23.5 Å². The van der Waals surface area contributed by atoms with Crippen molar-refractivity contribution in [3.05, 3.63) is 35.4 Å². The van der Waals surface area contributed by atoms with E-state index in [0.717, 1.165) is 25.3 Å². The van der Waals surface area contributed by atoms with Gasteiger partial charge in [0.1, 0.15) is 0 Å². The Bertz CT molecular complexity index is 458. The first kappa shape index (κ1) is 15.4. The van der Waals surface area contributed by atoms with E-state index in [4.69, 9.17) is 0 Å². The maximum atomic E-state index is 13.7. The molecule has 0 heterocycles. The first-order valence-electron chi connectivity index (χ1n) is 7.56. The van der Waals surface area contributed by atoms with Crippen molar-refractivity contribution in [3.63, 3.8) is 0 Å². The molecular weight excluding hydrogens is 258 g/mol. The molecule has 1 saturated carbocycles. The molecule has 0 radical (unpaired) electrons. The summed E-state index contributed by atoms with van der Waals surface area (Å²) in [6, 6.07) is 4.19. The molecule has 1 fully saturated rings. The van der Waals surface area contributed by atoms with Crippen LogP contribution in [0.25, 0.3) is 0 Å². The number of benzene rings is 1. The van der Waals surface area contributed by atoms with E-state index in [1.165, 1.54) is 6.07 Å². The van der Waals surface area contributed by atoms with Crippen LogP contribution in [-0.2, 0) is 6.42 Å². The average Bonchev–Trinajstić information content (AvgIpc) is 2.57. The first-order chi connectivity index (χ1) is 9.41. The van der Waals surface area contributed by atoms with Crippen molar-refractivity contribution in [1.82, 2.24) is 0 Å². The highest BCUT2D eigenvalue weighted by Crippen LogP contribution is 2.36. The minimum absolute atomic E-state index is 0.210. The molecule has 0 spiro atoms. The fourth-order valence-electron chi connectivity index (χ4n) is 3.30. The molecule has 20 heavy (non-hydrogen) atoms. The normalized spacial score (nSPS) is 27.6. The predicted molar refractivity (Wildman–Crippen MR) is 76.4 cm³/mol. The Balaban J connectivity index is 2.09. The van der Waals surface area contributed by atoms with Gasteiger partial charge in [0.15, 0.2) is 11.6 Å². The molecule has 0 amide bonds. The summed E-state index contributed by atoms with van der Waals surface area (Å²) in [6.45, 7) is 4.42. The molecule has 1 N–H and O–H groups in total. The summed E-state index contributed by atoms with van der Waals surface area (Å²) in [5.41, 5.74) is -0.603. The summed E-state index contributed by atoms with van der Waals surface area (Å²) in [5, 5.41) is 10.7. The van der Waals surface area contributed by atoms with Gasteiger partial charge in [-0.3, -0.25) is 0 Å². The number of rotatable bonds is 3. The molecule has 2 rings (SSSR count). The van der Waals surface area contributed by atoms with E-state index >= 15 is 0 Å². The number of aliphatic hydroxyl groups is 1. The van der Waals surface area contributed by atoms with Gasteiger partial charge in [-0.2, -0.15) is 0 Å². The second kappa shape index (κ2) is 6.21.